The van der Waals surface area contributed by atoms with Crippen LogP contribution in [0.25, 0.3) is 0 Å². The summed E-state index contributed by atoms with van der Waals surface area (Å²) in [5.74, 6) is 1.01. The van der Waals surface area contributed by atoms with Gasteiger partial charge in [0, 0.05) is 4.83 Å². The van der Waals surface area contributed by atoms with Gasteiger partial charge in [0.1, 0.15) is 0 Å². The molecule has 0 aromatic heterocycles. The maximum Gasteiger partial charge on any atom is 0.0654 e. The summed E-state index contributed by atoms with van der Waals surface area (Å²) in [6.45, 7) is 10.6. The average Bonchev–Trinajstić information content (AvgIpc) is 2.24. The molecule has 2 heteroatoms. The summed E-state index contributed by atoms with van der Waals surface area (Å²) in [6, 6.07) is 0. The van der Waals surface area contributed by atoms with Crippen molar-refractivity contribution in [3.8, 4) is 0 Å². The van der Waals surface area contributed by atoms with Gasteiger partial charge in [-0.25, -0.2) is 0 Å². The summed E-state index contributed by atoms with van der Waals surface area (Å²) in [7, 11) is 0. The molecule has 2 aliphatic rings. The first-order valence-electron chi connectivity index (χ1n) is 6.79. The van der Waals surface area contributed by atoms with Gasteiger partial charge in [-0.2, -0.15) is 0 Å². The van der Waals surface area contributed by atoms with Gasteiger partial charge < -0.3 is 5.11 Å². The largest absolute Gasteiger partial charge is 0.390 e. The fraction of sp³-hybridized carbons (Fsp3) is 0.867. The summed E-state index contributed by atoms with van der Waals surface area (Å²) in [5, 5.41) is 10.7. The van der Waals surface area contributed by atoms with Gasteiger partial charge in [0.2, 0.25) is 0 Å². The number of aliphatic hydroxyl groups is 1. The van der Waals surface area contributed by atoms with E-state index < -0.39 is 5.60 Å². The van der Waals surface area contributed by atoms with Gasteiger partial charge >= 0.3 is 0 Å². The molecular formula is C15H25BrO. The van der Waals surface area contributed by atoms with Crippen LogP contribution in [0.1, 0.15) is 52.9 Å². The molecule has 98 valence electrons. The van der Waals surface area contributed by atoms with Crippen LogP contribution in [0.4, 0.5) is 0 Å². The van der Waals surface area contributed by atoms with E-state index in [1.54, 1.807) is 0 Å². The lowest BCUT2D eigenvalue weighted by molar-refractivity contribution is -0.116. The van der Waals surface area contributed by atoms with E-state index in [-0.39, 0.29) is 5.41 Å². The fourth-order valence-corrected chi connectivity index (χ4v) is 4.82. The minimum Gasteiger partial charge on any atom is -0.390 e. The summed E-state index contributed by atoms with van der Waals surface area (Å²) >= 11 is 3.86. The first-order chi connectivity index (χ1) is 7.77. The monoisotopic (exact) mass is 300 g/mol. The number of hydrogen-bond acceptors (Lipinski definition) is 1. The topological polar surface area (TPSA) is 20.2 Å². The summed E-state index contributed by atoms with van der Waals surface area (Å²) < 4.78 is 0. The molecule has 1 nitrogen and oxygen atoms in total. The van der Waals surface area contributed by atoms with Crippen molar-refractivity contribution in [3.05, 3.63) is 12.2 Å². The molecule has 0 bridgehead atoms. The molecule has 0 unspecified atom stereocenters. The van der Waals surface area contributed by atoms with Gasteiger partial charge in [0.15, 0.2) is 0 Å². The van der Waals surface area contributed by atoms with Crippen LogP contribution in [-0.4, -0.2) is 15.5 Å². The van der Waals surface area contributed by atoms with Gasteiger partial charge in [-0.15, -0.1) is 0 Å². The minimum atomic E-state index is -0.493. The third kappa shape index (κ3) is 2.23. The maximum atomic E-state index is 10.7. The Kier molecular flexibility index (Phi) is 3.51. The lowest BCUT2D eigenvalue weighted by atomic mass is 9.53. The lowest BCUT2D eigenvalue weighted by Crippen LogP contribution is -2.55. The highest BCUT2D eigenvalue weighted by molar-refractivity contribution is 9.09. The van der Waals surface area contributed by atoms with E-state index in [2.05, 4.69) is 36.4 Å². The second kappa shape index (κ2) is 4.38. The van der Waals surface area contributed by atoms with Crippen molar-refractivity contribution in [2.24, 2.45) is 17.3 Å². The molecule has 0 aromatic carbocycles. The Bertz CT molecular complexity index is 323. The molecule has 0 amide bonds. The van der Waals surface area contributed by atoms with Crippen molar-refractivity contribution in [1.82, 2.24) is 0 Å². The standard InChI is InChI=1S/C15H25BrO/c1-10(2)11-5-7-14(3)12(9-11)15(4,17)8-6-13(14)16/h11-13,17H,1,5-9H2,2-4H3/t11-,12-,13-,14-,15-/m1/s1. The Hall–Kier alpha value is 0.180. The van der Waals surface area contributed by atoms with E-state index in [1.165, 1.54) is 18.4 Å². The molecule has 0 heterocycles. The zero-order valence-electron chi connectivity index (χ0n) is 11.3. The number of rotatable bonds is 1. The smallest absolute Gasteiger partial charge is 0.0654 e. The zero-order chi connectivity index (χ0) is 12.8. The van der Waals surface area contributed by atoms with Gasteiger partial charge in [-0.3, -0.25) is 0 Å². The molecule has 17 heavy (non-hydrogen) atoms. The molecule has 0 spiro atoms. The fourth-order valence-electron chi connectivity index (χ4n) is 4.04. The molecule has 0 radical (unpaired) electrons. The van der Waals surface area contributed by atoms with Crippen LogP contribution in [0, 0.1) is 17.3 Å². The van der Waals surface area contributed by atoms with Crippen LogP contribution in [0.3, 0.4) is 0 Å². The third-order valence-corrected chi connectivity index (χ3v) is 6.92. The van der Waals surface area contributed by atoms with Crippen LogP contribution in [0.5, 0.6) is 0 Å². The molecule has 2 fully saturated rings. The van der Waals surface area contributed by atoms with Crippen LogP contribution in [0.15, 0.2) is 12.2 Å². The Labute approximate surface area is 114 Å². The van der Waals surface area contributed by atoms with E-state index in [4.69, 9.17) is 0 Å². The molecule has 0 aromatic rings. The predicted molar refractivity (Wildman–Crippen MR) is 76.3 cm³/mol. The van der Waals surface area contributed by atoms with Crippen LogP contribution in [-0.2, 0) is 0 Å². The second-order valence-corrected chi connectivity index (χ2v) is 7.84. The normalized spacial score (nSPS) is 50.8. The number of alkyl halides is 1. The highest BCUT2D eigenvalue weighted by Gasteiger charge is 2.54. The molecule has 2 rings (SSSR count). The number of hydrogen-bond donors (Lipinski definition) is 1. The van der Waals surface area contributed by atoms with Crippen molar-refractivity contribution < 1.29 is 5.11 Å². The van der Waals surface area contributed by atoms with E-state index >= 15 is 0 Å². The zero-order valence-corrected chi connectivity index (χ0v) is 12.9. The van der Waals surface area contributed by atoms with E-state index in [9.17, 15) is 5.11 Å². The van der Waals surface area contributed by atoms with E-state index in [1.807, 2.05) is 6.92 Å². The Morgan fingerprint density at radius 1 is 1.29 bits per heavy atom. The molecule has 0 saturated heterocycles. The molecule has 1 N–H and O–H groups in total. The molecule has 0 aliphatic heterocycles. The highest BCUT2D eigenvalue weighted by Crippen LogP contribution is 2.58. The first kappa shape index (κ1) is 13.6. The number of halogens is 1. The van der Waals surface area contributed by atoms with Crippen molar-refractivity contribution in [1.29, 1.82) is 0 Å². The Morgan fingerprint density at radius 2 is 1.94 bits per heavy atom. The van der Waals surface area contributed by atoms with Gasteiger partial charge in [-0.05, 0) is 63.2 Å². The predicted octanol–water partition coefficient (Wildman–Crippen LogP) is 4.29. The Balaban J connectivity index is 2.27. The lowest BCUT2D eigenvalue weighted by Gasteiger charge is -2.56. The Morgan fingerprint density at radius 3 is 2.53 bits per heavy atom. The van der Waals surface area contributed by atoms with E-state index in [0.29, 0.717) is 16.7 Å². The summed E-state index contributed by atoms with van der Waals surface area (Å²) in [5.41, 5.74) is 1.06. The molecular weight excluding hydrogens is 276 g/mol. The van der Waals surface area contributed by atoms with Crippen molar-refractivity contribution in [2.75, 3.05) is 0 Å². The van der Waals surface area contributed by atoms with Crippen molar-refractivity contribution >= 4 is 15.9 Å². The van der Waals surface area contributed by atoms with Gasteiger partial charge in [0.25, 0.3) is 0 Å². The average molecular weight is 301 g/mol. The van der Waals surface area contributed by atoms with Crippen LogP contribution < -0.4 is 0 Å². The second-order valence-electron chi connectivity index (χ2n) is 6.74. The maximum absolute atomic E-state index is 10.7. The number of allylic oxidation sites excluding steroid dienone is 1. The molecule has 2 saturated carbocycles. The van der Waals surface area contributed by atoms with Crippen LogP contribution in [0.2, 0.25) is 0 Å². The minimum absolute atomic E-state index is 0.258. The molecule has 2 aliphatic carbocycles. The quantitative estimate of drug-likeness (QED) is 0.566. The number of fused-ring (bicyclic) bond motifs is 1. The third-order valence-electron chi connectivity index (χ3n) is 5.41. The van der Waals surface area contributed by atoms with Gasteiger partial charge in [0.05, 0.1) is 5.60 Å². The highest BCUT2D eigenvalue weighted by atomic mass is 79.9. The van der Waals surface area contributed by atoms with E-state index in [0.717, 1.165) is 19.3 Å². The SMILES string of the molecule is C=C(C)[C@@H]1CC[C@@]2(C)[C@H](Br)CC[C@@](C)(O)[C@@H]2C1. The summed E-state index contributed by atoms with van der Waals surface area (Å²) in [6.07, 6.45) is 5.58. The van der Waals surface area contributed by atoms with Crippen molar-refractivity contribution in [3.63, 3.8) is 0 Å². The van der Waals surface area contributed by atoms with Crippen molar-refractivity contribution in [2.45, 2.75) is 63.3 Å². The van der Waals surface area contributed by atoms with Gasteiger partial charge in [-0.1, -0.05) is 35.0 Å². The first-order valence-corrected chi connectivity index (χ1v) is 7.71. The van der Waals surface area contributed by atoms with Crippen LogP contribution >= 0.6 is 15.9 Å². The summed E-state index contributed by atoms with van der Waals surface area (Å²) in [4.78, 5) is 0.561. The molecule has 5 atom stereocenters.